The number of carbonyl (C=O) groups excluding carboxylic acids is 3. The number of hydrogen-bond donors (Lipinski definition) is 2. The van der Waals surface area contributed by atoms with E-state index in [-0.39, 0.29) is 18.9 Å². The number of benzene rings is 2. The summed E-state index contributed by atoms with van der Waals surface area (Å²) in [5, 5.41) is 0. The SMILES string of the molecule is COc1cccc(N2C[C@@H](C(=O)NNC(=O)c3ccccc3)CC2=O)c1. The first-order valence-corrected chi connectivity index (χ1v) is 8.18. The molecule has 1 atom stereocenters. The Kier molecular flexibility index (Phi) is 5.17. The van der Waals surface area contributed by atoms with Gasteiger partial charge in [-0.05, 0) is 24.3 Å². The number of ether oxygens (including phenoxy) is 1. The van der Waals surface area contributed by atoms with Gasteiger partial charge in [0.05, 0.1) is 13.0 Å². The summed E-state index contributed by atoms with van der Waals surface area (Å²) < 4.78 is 5.17. The van der Waals surface area contributed by atoms with Gasteiger partial charge in [0, 0.05) is 30.3 Å². The molecule has 0 aromatic heterocycles. The van der Waals surface area contributed by atoms with Crippen LogP contribution >= 0.6 is 0 Å². The van der Waals surface area contributed by atoms with Gasteiger partial charge in [-0.1, -0.05) is 24.3 Å². The summed E-state index contributed by atoms with van der Waals surface area (Å²) in [7, 11) is 1.55. The van der Waals surface area contributed by atoms with Gasteiger partial charge in [-0.2, -0.15) is 0 Å². The number of carbonyl (C=O) groups is 3. The van der Waals surface area contributed by atoms with Gasteiger partial charge in [-0.25, -0.2) is 0 Å². The lowest BCUT2D eigenvalue weighted by molar-refractivity contribution is -0.126. The van der Waals surface area contributed by atoms with Crippen molar-refractivity contribution < 1.29 is 19.1 Å². The lowest BCUT2D eigenvalue weighted by Gasteiger charge is -2.17. The monoisotopic (exact) mass is 353 g/mol. The molecule has 0 saturated carbocycles. The van der Waals surface area contributed by atoms with E-state index in [0.29, 0.717) is 17.0 Å². The van der Waals surface area contributed by atoms with Gasteiger partial charge in [-0.3, -0.25) is 25.2 Å². The maximum absolute atomic E-state index is 12.3. The Balaban J connectivity index is 1.59. The van der Waals surface area contributed by atoms with Gasteiger partial charge in [0.15, 0.2) is 0 Å². The van der Waals surface area contributed by atoms with Crippen LogP contribution in [0, 0.1) is 5.92 Å². The average molecular weight is 353 g/mol. The Morgan fingerprint density at radius 2 is 1.85 bits per heavy atom. The fourth-order valence-electron chi connectivity index (χ4n) is 2.79. The molecule has 2 aromatic rings. The van der Waals surface area contributed by atoms with Gasteiger partial charge in [-0.15, -0.1) is 0 Å². The van der Waals surface area contributed by atoms with Crippen LogP contribution in [-0.2, 0) is 9.59 Å². The van der Waals surface area contributed by atoms with Crippen LogP contribution in [0.25, 0.3) is 0 Å². The van der Waals surface area contributed by atoms with Gasteiger partial charge in [0.2, 0.25) is 11.8 Å². The molecule has 1 aliphatic heterocycles. The lowest BCUT2D eigenvalue weighted by Crippen LogP contribution is -2.45. The average Bonchev–Trinajstić information content (AvgIpc) is 3.08. The molecule has 0 spiro atoms. The molecule has 0 unspecified atom stereocenters. The Bertz CT molecular complexity index is 823. The second kappa shape index (κ2) is 7.69. The first kappa shape index (κ1) is 17.5. The zero-order chi connectivity index (χ0) is 18.5. The highest BCUT2D eigenvalue weighted by atomic mass is 16.5. The number of amides is 3. The van der Waals surface area contributed by atoms with Crippen molar-refractivity contribution in [2.24, 2.45) is 5.92 Å². The van der Waals surface area contributed by atoms with E-state index in [2.05, 4.69) is 10.9 Å². The Morgan fingerprint density at radius 3 is 2.58 bits per heavy atom. The molecule has 26 heavy (non-hydrogen) atoms. The van der Waals surface area contributed by atoms with Crippen molar-refractivity contribution in [1.82, 2.24) is 10.9 Å². The normalized spacial score (nSPS) is 16.3. The maximum Gasteiger partial charge on any atom is 0.269 e. The van der Waals surface area contributed by atoms with Gasteiger partial charge < -0.3 is 9.64 Å². The summed E-state index contributed by atoms with van der Waals surface area (Å²) in [5.41, 5.74) is 5.89. The summed E-state index contributed by atoms with van der Waals surface area (Å²) >= 11 is 0. The van der Waals surface area contributed by atoms with Crippen LogP contribution in [-0.4, -0.2) is 31.4 Å². The molecule has 134 valence electrons. The van der Waals surface area contributed by atoms with E-state index in [1.54, 1.807) is 66.6 Å². The highest BCUT2D eigenvalue weighted by Gasteiger charge is 2.35. The van der Waals surface area contributed by atoms with Crippen LogP contribution in [0.1, 0.15) is 16.8 Å². The van der Waals surface area contributed by atoms with E-state index in [1.165, 1.54) is 0 Å². The number of methoxy groups -OCH3 is 1. The lowest BCUT2D eigenvalue weighted by atomic mass is 10.1. The Morgan fingerprint density at radius 1 is 1.08 bits per heavy atom. The molecule has 3 amide bonds. The summed E-state index contributed by atoms with van der Waals surface area (Å²) in [6, 6.07) is 15.7. The van der Waals surface area contributed by atoms with Crippen LogP contribution in [0.4, 0.5) is 5.69 Å². The van der Waals surface area contributed by atoms with Crippen molar-refractivity contribution in [2.75, 3.05) is 18.6 Å². The third-order valence-corrected chi connectivity index (χ3v) is 4.20. The van der Waals surface area contributed by atoms with E-state index in [4.69, 9.17) is 4.74 Å². The minimum Gasteiger partial charge on any atom is -0.497 e. The van der Waals surface area contributed by atoms with Crippen molar-refractivity contribution in [3.05, 3.63) is 60.2 Å². The number of hydrogen-bond acceptors (Lipinski definition) is 4. The van der Waals surface area contributed by atoms with Crippen LogP contribution in [0.2, 0.25) is 0 Å². The number of nitrogens with one attached hydrogen (secondary N) is 2. The van der Waals surface area contributed by atoms with Crippen LogP contribution in [0.5, 0.6) is 5.75 Å². The molecule has 0 bridgehead atoms. The molecule has 0 radical (unpaired) electrons. The van der Waals surface area contributed by atoms with E-state index in [0.717, 1.165) is 0 Å². The minimum absolute atomic E-state index is 0.0876. The van der Waals surface area contributed by atoms with Crippen molar-refractivity contribution in [2.45, 2.75) is 6.42 Å². The quantitative estimate of drug-likeness (QED) is 0.816. The third-order valence-electron chi connectivity index (χ3n) is 4.20. The number of nitrogens with zero attached hydrogens (tertiary/aromatic N) is 1. The molecule has 7 nitrogen and oxygen atoms in total. The van der Waals surface area contributed by atoms with Gasteiger partial charge >= 0.3 is 0 Å². The first-order chi connectivity index (χ1) is 12.6. The Labute approximate surface area is 150 Å². The second-order valence-corrected chi connectivity index (χ2v) is 5.92. The minimum atomic E-state index is -0.537. The summed E-state index contributed by atoms with van der Waals surface area (Å²) in [6.07, 6.45) is 0.0876. The molecule has 1 saturated heterocycles. The maximum atomic E-state index is 12.3. The molecule has 2 N–H and O–H groups in total. The fourth-order valence-corrected chi connectivity index (χ4v) is 2.79. The second-order valence-electron chi connectivity index (χ2n) is 5.92. The molecule has 1 fully saturated rings. The zero-order valence-electron chi connectivity index (χ0n) is 14.3. The first-order valence-electron chi connectivity index (χ1n) is 8.18. The molecular weight excluding hydrogens is 334 g/mol. The Hall–Kier alpha value is -3.35. The molecular formula is C19H19N3O4. The van der Waals surface area contributed by atoms with Gasteiger partial charge in [0.25, 0.3) is 5.91 Å². The van der Waals surface area contributed by atoms with Crippen LogP contribution in [0.3, 0.4) is 0 Å². The summed E-state index contributed by atoms with van der Waals surface area (Å²) in [5.74, 6) is -0.850. The van der Waals surface area contributed by atoms with E-state index < -0.39 is 17.7 Å². The van der Waals surface area contributed by atoms with Crippen LogP contribution < -0.4 is 20.5 Å². The number of anilines is 1. The molecule has 1 aliphatic rings. The standard InChI is InChI=1S/C19H19N3O4/c1-26-16-9-5-8-15(11-16)22-12-14(10-17(22)23)19(25)21-20-18(24)13-6-3-2-4-7-13/h2-9,11,14H,10,12H2,1H3,(H,20,24)(H,21,25)/t14-/m0/s1. The predicted octanol–water partition coefficient (Wildman–Crippen LogP) is 1.51. The topological polar surface area (TPSA) is 87.7 Å². The predicted molar refractivity (Wildman–Crippen MR) is 95.5 cm³/mol. The summed E-state index contributed by atoms with van der Waals surface area (Å²) in [4.78, 5) is 38.1. The molecule has 0 aliphatic carbocycles. The van der Waals surface area contributed by atoms with Crippen LogP contribution in [0.15, 0.2) is 54.6 Å². The molecule has 2 aromatic carbocycles. The van der Waals surface area contributed by atoms with Crippen molar-refractivity contribution >= 4 is 23.4 Å². The molecule has 7 heteroatoms. The third kappa shape index (κ3) is 3.83. The highest BCUT2D eigenvalue weighted by molar-refractivity contribution is 6.01. The molecule has 3 rings (SSSR count). The van der Waals surface area contributed by atoms with Crippen molar-refractivity contribution in [3.63, 3.8) is 0 Å². The smallest absolute Gasteiger partial charge is 0.269 e. The van der Waals surface area contributed by atoms with Crippen molar-refractivity contribution in [1.29, 1.82) is 0 Å². The van der Waals surface area contributed by atoms with E-state index >= 15 is 0 Å². The van der Waals surface area contributed by atoms with E-state index in [9.17, 15) is 14.4 Å². The summed E-state index contributed by atoms with van der Waals surface area (Å²) in [6.45, 7) is 0.249. The fraction of sp³-hybridized carbons (Fsp3) is 0.211. The largest absolute Gasteiger partial charge is 0.497 e. The van der Waals surface area contributed by atoms with E-state index in [1.807, 2.05) is 0 Å². The zero-order valence-corrected chi connectivity index (χ0v) is 14.3. The highest BCUT2D eigenvalue weighted by Crippen LogP contribution is 2.27. The van der Waals surface area contributed by atoms with Gasteiger partial charge in [0.1, 0.15) is 5.75 Å². The molecule has 1 heterocycles. The number of hydrazine groups is 1. The number of rotatable bonds is 4. The van der Waals surface area contributed by atoms with Crippen molar-refractivity contribution in [3.8, 4) is 5.75 Å².